The first-order valence-corrected chi connectivity index (χ1v) is 6.81. The standard InChI is InChI=1S/C15H21FO2/c1-11(17)14-9-8-13(10-15(14)16)18-12-6-4-2-3-5-7-12/h8-12,17H,2-7H2,1H3/t11-/m1/s1. The minimum absolute atomic E-state index is 0.212. The lowest BCUT2D eigenvalue weighted by Gasteiger charge is -2.17. The molecule has 2 nitrogen and oxygen atoms in total. The highest BCUT2D eigenvalue weighted by molar-refractivity contribution is 5.30. The topological polar surface area (TPSA) is 29.5 Å². The number of hydrogen-bond donors (Lipinski definition) is 1. The molecule has 1 aliphatic rings. The molecule has 0 aliphatic heterocycles. The van der Waals surface area contributed by atoms with E-state index in [1.54, 1.807) is 19.1 Å². The first-order chi connectivity index (χ1) is 8.66. The summed E-state index contributed by atoms with van der Waals surface area (Å²) >= 11 is 0. The van der Waals surface area contributed by atoms with Crippen LogP contribution in [0.3, 0.4) is 0 Å². The highest BCUT2D eigenvalue weighted by Crippen LogP contribution is 2.26. The predicted molar refractivity (Wildman–Crippen MR) is 69.2 cm³/mol. The smallest absolute Gasteiger partial charge is 0.132 e. The number of hydrogen-bond acceptors (Lipinski definition) is 2. The summed E-state index contributed by atoms with van der Waals surface area (Å²) in [6, 6.07) is 4.73. The zero-order chi connectivity index (χ0) is 13.0. The fraction of sp³-hybridized carbons (Fsp3) is 0.600. The van der Waals surface area contributed by atoms with Gasteiger partial charge in [-0.15, -0.1) is 0 Å². The average molecular weight is 252 g/mol. The molecule has 0 bridgehead atoms. The van der Waals surface area contributed by atoms with Gasteiger partial charge in [0.15, 0.2) is 0 Å². The van der Waals surface area contributed by atoms with Crippen molar-refractivity contribution in [3.63, 3.8) is 0 Å². The fourth-order valence-corrected chi connectivity index (χ4v) is 2.47. The number of benzene rings is 1. The van der Waals surface area contributed by atoms with E-state index in [9.17, 15) is 9.50 Å². The Balaban J connectivity index is 2.02. The number of ether oxygens (including phenoxy) is 1. The maximum atomic E-state index is 13.7. The average Bonchev–Trinajstić information content (AvgIpc) is 2.57. The molecule has 1 aliphatic carbocycles. The fourth-order valence-electron chi connectivity index (χ4n) is 2.47. The molecule has 0 aromatic heterocycles. The summed E-state index contributed by atoms with van der Waals surface area (Å²) in [5, 5.41) is 9.37. The van der Waals surface area contributed by atoms with E-state index in [1.165, 1.54) is 31.7 Å². The molecule has 0 saturated heterocycles. The van der Waals surface area contributed by atoms with Crippen molar-refractivity contribution >= 4 is 0 Å². The van der Waals surface area contributed by atoms with Gasteiger partial charge in [0.05, 0.1) is 12.2 Å². The van der Waals surface area contributed by atoms with E-state index in [4.69, 9.17) is 4.74 Å². The minimum Gasteiger partial charge on any atom is -0.490 e. The second kappa shape index (κ2) is 6.19. The maximum Gasteiger partial charge on any atom is 0.132 e. The van der Waals surface area contributed by atoms with Crippen molar-refractivity contribution in [2.75, 3.05) is 0 Å². The summed E-state index contributed by atoms with van der Waals surface area (Å²) in [5.74, 6) is 0.180. The van der Waals surface area contributed by atoms with Gasteiger partial charge in [-0.05, 0) is 44.7 Å². The van der Waals surface area contributed by atoms with Gasteiger partial charge in [0.2, 0.25) is 0 Å². The lowest BCUT2D eigenvalue weighted by molar-refractivity contribution is 0.180. The molecule has 0 unspecified atom stereocenters. The summed E-state index contributed by atoms with van der Waals surface area (Å²) in [6.45, 7) is 1.56. The van der Waals surface area contributed by atoms with Crippen molar-refractivity contribution in [3.05, 3.63) is 29.6 Å². The molecule has 1 fully saturated rings. The Labute approximate surface area is 108 Å². The highest BCUT2D eigenvalue weighted by atomic mass is 19.1. The predicted octanol–water partition coefficient (Wildman–Crippen LogP) is 3.98. The Morgan fingerprint density at radius 3 is 2.44 bits per heavy atom. The van der Waals surface area contributed by atoms with Gasteiger partial charge in [0.25, 0.3) is 0 Å². The maximum absolute atomic E-state index is 13.7. The molecular formula is C15H21FO2. The van der Waals surface area contributed by atoms with Crippen LogP contribution in [0.1, 0.15) is 57.1 Å². The van der Waals surface area contributed by atoms with Crippen LogP contribution in [0.4, 0.5) is 4.39 Å². The van der Waals surface area contributed by atoms with E-state index in [0.29, 0.717) is 11.3 Å². The van der Waals surface area contributed by atoms with Crippen LogP contribution in [0.25, 0.3) is 0 Å². The van der Waals surface area contributed by atoms with Crippen molar-refractivity contribution in [3.8, 4) is 5.75 Å². The monoisotopic (exact) mass is 252 g/mol. The van der Waals surface area contributed by atoms with Gasteiger partial charge in [0.1, 0.15) is 11.6 Å². The highest BCUT2D eigenvalue weighted by Gasteiger charge is 2.15. The lowest BCUT2D eigenvalue weighted by Crippen LogP contribution is -2.15. The molecular weight excluding hydrogens is 231 g/mol. The zero-order valence-corrected chi connectivity index (χ0v) is 10.9. The molecule has 1 atom stereocenters. The van der Waals surface area contributed by atoms with Crippen molar-refractivity contribution in [1.29, 1.82) is 0 Å². The number of aliphatic hydroxyl groups is 1. The van der Waals surface area contributed by atoms with Gasteiger partial charge in [-0.1, -0.05) is 12.8 Å². The van der Waals surface area contributed by atoms with E-state index in [0.717, 1.165) is 12.8 Å². The molecule has 18 heavy (non-hydrogen) atoms. The van der Waals surface area contributed by atoms with Gasteiger partial charge in [-0.2, -0.15) is 0 Å². The van der Waals surface area contributed by atoms with E-state index in [1.807, 2.05) is 0 Å². The molecule has 0 radical (unpaired) electrons. The molecule has 0 amide bonds. The van der Waals surface area contributed by atoms with Crippen molar-refractivity contribution in [2.45, 2.75) is 57.7 Å². The quantitative estimate of drug-likeness (QED) is 0.824. The van der Waals surface area contributed by atoms with E-state index in [-0.39, 0.29) is 6.10 Å². The van der Waals surface area contributed by atoms with Gasteiger partial charge in [0, 0.05) is 11.6 Å². The minimum atomic E-state index is -0.781. The molecule has 0 heterocycles. The number of halogens is 1. The van der Waals surface area contributed by atoms with Crippen LogP contribution in [0.15, 0.2) is 18.2 Å². The second-order valence-corrected chi connectivity index (χ2v) is 5.09. The third-order valence-corrected chi connectivity index (χ3v) is 3.53. The van der Waals surface area contributed by atoms with Crippen LogP contribution in [0, 0.1) is 5.82 Å². The van der Waals surface area contributed by atoms with Gasteiger partial charge < -0.3 is 9.84 Å². The van der Waals surface area contributed by atoms with Crippen LogP contribution in [-0.4, -0.2) is 11.2 Å². The largest absolute Gasteiger partial charge is 0.490 e. The summed E-state index contributed by atoms with van der Waals surface area (Å²) in [5.41, 5.74) is 0.322. The number of rotatable bonds is 3. The van der Waals surface area contributed by atoms with E-state index >= 15 is 0 Å². The zero-order valence-electron chi connectivity index (χ0n) is 10.9. The third-order valence-electron chi connectivity index (χ3n) is 3.53. The van der Waals surface area contributed by atoms with Crippen LogP contribution in [0.2, 0.25) is 0 Å². The molecule has 1 aromatic carbocycles. The normalized spacial score (nSPS) is 19.3. The Bertz CT molecular complexity index is 382. The van der Waals surface area contributed by atoms with E-state index in [2.05, 4.69) is 0 Å². The van der Waals surface area contributed by atoms with Crippen molar-refractivity contribution in [2.24, 2.45) is 0 Å². The van der Waals surface area contributed by atoms with E-state index < -0.39 is 11.9 Å². The van der Waals surface area contributed by atoms with Crippen LogP contribution < -0.4 is 4.74 Å². The Kier molecular flexibility index (Phi) is 4.59. The Hall–Kier alpha value is -1.09. The van der Waals surface area contributed by atoms with Crippen molar-refractivity contribution in [1.82, 2.24) is 0 Å². The van der Waals surface area contributed by atoms with Crippen LogP contribution in [-0.2, 0) is 0 Å². The van der Waals surface area contributed by atoms with Gasteiger partial charge >= 0.3 is 0 Å². The van der Waals surface area contributed by atoms with Crippen molar-refractivity contribution < 1.29 is 14.2 Å². The molecule has 1 aromatic rings. The van der Waals surface area contributed by atoms with Crippen LogP contribution in [0.5, 0.6) is 5.75 Å². The summed E-state index contributed by atoms with van der Waals surface area (Å²) < 4.78 is 19.5. The molecule has 1 saturated carbocycles. The molecule has 0 spiro atoms. The summed E-state index contributed by atoms with van der Waals surface area (Å²) in [6.07, 6.45) is 6.48. The lowest BCUT2D eigenvalue weighted by atomic mass is 10.1. The third kappa shape index (κ3) is 3.45. The Morgan fingerprint density at radius 2 is 1.89 bits per heavy atom. The SMILES string of the molecule is C[C@@H](O)c1ccc(OC2CCCCCC2)cc1F. The van der Waals surface area contributed by atoms with Crippen LogP contribution >= 0.6 is 0 Å². The van der Waals surface area contributed by atoms with Gasteiger partial charge in [-0.25, -0.2) is 4.39 Å². The first-order valence-electron chi connectivity index (χ1n) is 6.81. The molecule has 2 rings (SSSR count). The summed E-state index contributed by atoms with van der Waals surface area (Å²) in [7, 11) is 0. The molecule has 100 valence electrons. The Morgan fingerprint density at radius 1 is 1.22 bits per heavy atom. The summed E-state index contributed by atoms with van der Waals surface area (Å²) in [4.78, 5) is 0. The first kappa shape index (κ1) is 13.3. The van der Waals surface area contributed by atoms with Gasteiger partial charge in [-0.3, -0.25) is 0 Å². The molecule has 1 N–H and O–H groups in total. The number of aliphatic hydroxyl groups excluding tert-OH is 1. The second-order valence-electron chi connectivity index (χ2n) is 5.09. The molecule has 3 heteroatoms.